The summed E-state index contributed by atoms with van der Waals surface area (Å²) in [5.41, 5.74) is 11.2. The molecular weight excluding hydrogens is 461 g/mol. The van der Waals surface area contributed by atoms with Crippen LogP contribution in [0.2, 0.25) is 0 Å². The number of aliphatic imine (C=N–C) groups is 1. The zero-order valence-electron chi connectivity index (χ0n) is 16.4. The lowest BCUT2D eigenvalue weighted by atomic mass is 10.1. The van der Waals surface area contributed by atoms with Gasteiger partial charge in [-0.3, -0.25) is 0 Å². The molecule has 0 atom stereocenters. The van der Waals surface area contributed by atoms with Gasteiger partial charge in [0.25, 0.3) is 0 Å². The fourth-order valence-corrected chi connectivity index (χ4v) is 4.05. The second kappa shape index (κ2) is 10.1. The number of nitrogens with two attached hydrogens (primary N) is 1. The van der Waals surface area contributed by atoms with Crippen molar-refractivity contribution in [3.05, 3.63) is 53.2 Å². The largest absolute Gasteiger partial charge is 0.370 e. The van der Waals surface area contributed by atoms with Crippen molar-refractivity contribution in [1.29, 1.82) is 0 Å². The first-order valence-electron chi connectivity index (χ1n) is 10.2. The van der Waals surface area contributed by atoms with Gasteiger partial charge in [0.05, 0.1) is 6.54 Å². The molecule has 2 aliphatic rings. The van der Waals surface area contributed by atoms with Crippen LogP contribution < -0.4 is 16.0 Å². The number of pyridine rings is 1. The summed E-state index contributed by atoms with van der Waals surface area (Å²) in [5.74, 6) is 1.52. The van der Waals surface area contributed by atoms with Crippen molar-refractivity contribution in [2.45, 2.75) is 51.5 Å². The van der Waals surface area contributed by atoms with Crippen LogP contribution >= 0.6 is 24.0 Å². The van der Waals surface area contributed by atoms with Crippen LogP contribution in [0, 0.1) is 0 Å². The minimum atomic E-state index is 0. The zero-order chi connectivity index (χ0) is 18.5. The normalized spacial score (nSPS) is 16.9. The molecule has 1 aromatic heterocycles. The highest BCUT2D eigenvalue weighted by Gasteiger charge is 2.12. The number of fused-ring (bicyclic) bond motifs is 1. The molecule has 4 rings (SSSR count). The van der Waals surface area contributed by atoms with E-state index < -0.39 is 0 Å². The van der Waals surface area contributed by atoms with Crippen molar-refractivity contribution in [1.82, 2.24) is 4.98 Å². The molecule has 3 N–H and O–H groups in total. The number of halogens is 1. The quantitative estimate of drug-likeness (QED) is 0.376. The highest BCUT2D eigenvalue weighted by Crippen LogP contribution is 2.25. The Morgan fingerprint density at radius 2 is 1.79 bits per heavy atom. The lowest BCUT2D eigenvalue weighted by Gasteiger charge is -2.21. The van der Waals surface area contributed by atoms with Gasteiger partial charge in [-0.1, -0.05) is 18.9 Å². The number of hydrogen-bond acceptors (Lipinski definition) is 3. The minimum Gasteiger partial charge on any atom is -0.370 e. The van der Waals surface area contributed by atoms with Gasteiger partial charge in [0.2, 0.25) is 0 Å². The van der Waals surface area contributed by atoms with Gasteiger partial charge >= 0.3 is 0 Å². The summed E-state index contributed by atoms with van der Waals surface area (Å²) in [6.07, 6.45) is 10.7. The van der Waals surface area contributed by atoms with Gasteiger partial charge in [-0.15, -0.1) is 24.0 Å². The Morgan fingerprint density at radius 3 is 2.61 bits per heavy atom. The minimum absolute atomic E-state index is 0. The number of anilines is 2. The zero-order valence-corrected chi connectivity index (χ0v) is 18.7. The molecule has 2 aromatic rings. The molecule has 1 aliphatic carbocycles. The third-order valence-corrected chi connectivity index (χ3v) is 5.54. The Morgan fingerprint density at radius 1 is 1.00 bits per heavy atom. The van der Waals surface area contributed by atoms with Crippen molar-refractivity contribution in [3.63, 3.8) is 0 Å². The van der Waals surface area contributed by atoms with Crippen molar-refractivity contribution in [2.75, 3.05) is 23.3 Å². The third-order valence-electron chi connectivity index (χ3n) is 5.54. The van der Waals surface area contributed by atoms with E-state index in [9.17, 15) is 0 Å². The van der Waals surface area contributed by atoms with Crippen LogP contribution in [0.5, 0.6) is 0 Å². The lowest BCUT2D eigenvalue weighted by molar-refractivity contribution is 0.726. The topological polar surface area (TPSA) is 66.5 Å². The van der Waals surface area contributed by atoms with Crippen molar-refractivity contribution in [2.24, 2.45) is 10.7 Å². The Kier molecular flexibility index (Phi) is 7.53. The number of nitrogens with zero attached hydrogens (tertiary/aromatic N) is 3. The summed E-state index contributed by atoms with van der Waals surface area (Å²) in [6, 6.07) is 10.7. The van der Waals surface area contributed by atoms with E-state index in [4.69, 9.17) is 5.73 Å². The molecule has 1 aliphatic heterocycles. The molecule has 2 heterocycles. The van der Waals surface area contributed by atoms with Gasteiger partial charge in [0, 0.05) is 25.0 Å². The lowest BCUT2D eigenvalue weighted by Crippen LogP contribution is -2.25. The highest BCUT2D eigenvalue weighted by molar-refractivity contribution is 14.0. The number of aryl methyl sites for hydroxylation is 2. The summed E-state index contributed by atoms with van der Waals surface area (Å²) in [7, 11) is 0. The van der Waals surface area contributed by atoms with Crippen molar-refractivity contribution < 1.29 is 0 Å². The Labute approximate surface area is 184 Å². The third kappa shape index (κ3) is 5.37. The van der Waals surface area contributed by atoms with Crippen molar-refractivity contribution >= 4 is 41.4 Å². The van der Waals surface area contributed by atoms with Gasteiger partial charge in [0.15, 0.2) is 5.96 Å². The first-order chi connectivity index (χ1) is 13.3. The number of guanidine groups is 1. The second-order valence-electron chi connectivity index (χ2n) is 7.59. The molecule has 0 radical (unpaired) electrons. The van der Waals surface area contributed by atoms with E-state index in [-0.39, 0.29) is 24.0 Å². The maximum absolute atomic E-state index is 6.11. The molecule has 1 fully saturated rings. The van der Waals surface area contributed by atoms with Crippen LogP contribution in [0.25, 0.3) is 0 Å². The Hall–Kier alpha value is -1.83. The number of nitrogens with one attached hydrogen (secondary N) is 1. The Bertz CT molecular complexity index is 812. The van der Waals surface area contributed by atoms with Crippen LogP contribution in [-0.4, -0.2) is 24.0 Å². The van der Waals surface area contributed by atoms with Crippen molar-refractivity contribution in [3.8, 4) is 0 Å². The summed E-state index contributed by atoms with van der Waals surface area (Å²) in [5, 5.41) is 3.23. The molecule has 150 valence electrons. The molecule has 0 spiro atoms. The first kappa shape index (κ1) is 20.9. The van der Waals surface area contributed by atoms with Gasteiger partial charge < -0.3 is 16.0 Å². The van der Waals surface area contributed by atoms with Gasteiger partial charge in [0.1, 0.15) is 5.82 Å². The average Bonchev–Trinajstić information content (AvgIpc) is 2.98. The highest BCUT2D eigenvalue weighted by atomic mass is 127. The first-order valence-corrected chi connectivity index (χ1v) is 10.2. The van der Waals surface area contributed by atoms with Crippen LogP contribution in [-0.2, 0) is 19.4 Å². The number of rotatable bonds is 4. The van der Waals surface area contributed by atoms with Gasteiger partial charge in [-0.2, -0.15) is 0 Å². The molecular formula is C22H30IN5. The Balaban J connectivity index is 0.00000225. The molecule has 0 bridgehead atoms. The van der Waals surface area contributed by atoms with Crippen LogP contribution in [0.3, 0.4) is 0 Å². The van der Waals surface area contributed by atoms with E-state index in [0.29, 0.717) is 12.5 Å². The van der Waals surface area contributed by atoms with E-state index in [1.54, 1.807) is 0 Å². The van der Waals surface area contributed by atoms with E-state index in [1.165, 1.54) is 49.7 Å². The van der Waals surface area contributed by atoms with E-state index in [2.05, 4.69) is 44.5 Å². The van der Waals surface area contributed by atoms with Crippen LogP contribution in [0.1, 0.15) is 48.8 Å². The molecule has 1 aromatic carbocycles. The van der Waals surface area contributed by atoms with Gasteiger partial charge in [-0.05, 0) is 73.1 Å². The predicted molar refractivity (Wildman–Crippen MR) is 128 cm³/mol. The summed E-state index contributed by atoms with van der Waals surface area (Å²) in [6.45, 7) is 2.76. The maximum Gasteiger partial charge on any atom is 0.193 e. The number of hydrogen-bond donors (Lipinski definition) is 2. The molecule has 0 unspecified atom stereocenters. The van der Waals surface area contributed by atoms with Gasteiger partial charge in [-0.25, -0.2) is 9.98 Å². The molecule has 1 saturated heterocycles. The summed E-state index contributed by atoms with van der Waals surface area (Å²) in [4.78, 5) is 11.5. The standard InChI is InChI=1S/C22H29N5.HI/c23-22(26-20-9-8-18-6-5-7-19(18)15-20)25-16-17-10-11-24-21(14-17)27-12-3-1-2-4-13-27;/h8-11,14-15H,1-7,12-13,16H2,(H3,23,25,26);1H. The van der Waals surface area contributed by atoms with Crippen LogP contribution in [0.4, 0.5) is 11.5 Å². The molecule has 0 saturated carbocycles. The monoisotopic (exact) mass is 491 g/mol. The molecule has 6 heteroatoms. The number of benzene rings is 1. The van der Waals surface area contributed by atoms with Crippen LogP contribution in [0.15, 0.2) is 41.5 Å². The fraction of sp³-hybridized carbons (Fsp3) is 0.455. The average molecular weight is 491 g/mol. The molecule has 5 nitrogen and oxygen atoms in total. The number of aromatic nitrogens is 1. The van der Waals surface area contributed by atoms with E-state index in [1.807, 2.05) is 12.3 Å². The molecule has 28 heavy (non-hydrogen) atoms. The summed E-state index contributed by atoms with van der Waals surface area (Å²) < 4.78 is 0. The summed E-state index contributed by atoms with van der Waals surface area (Å²) >= 11 is 0. The SMILES string of the molecule is I.NC(=NCc1ccnc(N2CCCCCC2)c1)Nc1ccc2c(c1)CCC2. The smallest absolute Gasteiger partial charge is 0.193 e. The molecule has 0 amide bonds. The maximum atomic E-state index is 6.11. The fourth-order valence-electron chi connectivity index (χ4n) is 4.05. The second-order valence-corrected chi connectivity index (χ2v) is 7.59. The van der Waals surface area contributed by atoms with E-state index in [0.717, 1.165) is 36.6 Å². The van der Waals surface area contributed by atoms with E-state index >= 15 is 0 Å². The predicted octanol–water partition coefficient (Wildman–Crippen LogP) is 4.50.